The van der Waals surface area contributed by atoms with Crippen molar-refractivity contribution in [3.05, 3.63) is 54.4 Å². The molecule has 1 heterocycles. The summed E-state index contributed by atoms with van der Waals surface area (Å²) < 4.78 is 0. The van der Waals surface area contributed by atoms with Gasteiger partial charge in [0.25, 0.3) is 0 Å². The van der Waals surface area contributed by atoms with Gasteiger partial charge in [-0.05, 0) is 11.6 Å². The lowest BCUT2D eigenvalue weighted by molar-refractivity contribution is 0.112. The van der Waals surface area contributed by atoms with E-state index in [-0.39, 0.29) is 0 Å². The lowest BCUT2D eigenvalue weighted by Crippen LogP contribution is -1.86. The van der Waals surface area contributed by atoms with Gasteiger partial charge in [0.2, 0.25) is 0 Å². The van der Waals surface area contributed by atoms with Crippen LogP contribution in [0.1, 0.15) is 10.4 Å². The Morgan fingerprint density at radius 3 is 2.86 bits per heavy atom. The lowest BCUT2D eigenvalue weighted by Gasteiger charge is -2.02. The molecule has 2 aromatic rings. The highest BCUT2D eigenvalue weighted by Crippen LogP contribution is 2.20. The van der Waals surface area contributed by atoms with Gasteiger partial charge >= 0.3 is 0 Å². The zero-order valence-corrected chi connectivity index (χ0v) is 7.47. The van der Waals surface area contributed by atoms with Crippen molar-refractivity contribution < 1.29 is 4.79 Å². The zero-order chi connectivity index (χ0) is 9.80. The van der Waals surface area contributed by atoms with E-state index < -0.39 is 0 Å². The minimum Gasteiger partial charge on any atom is -0.298 e. The molecule has 2 nitrogen and oxygen atoms in total. The normalized spacial score (nSPS) is 9.71. The fourth-order valence-electron chi connectivity index (χ4n) is 1.33. The van der Waals surface area contributed by atoms with Gasteiger partial charge in [-0.2, -0.15) is 0 Å². The molecule has 1 aromatic carbocycles. The zero-order valence-electron chi connectivity index (χ0n) is 7.47. The van der Waals surface area contributed by atoms with Crippen molar-refractivity contribution in [2.45, 2.75) is 0 Å². The van der Waals surface area contributed by atoms with Crippen LogP contribution in [0.5, 0.6) is 0 Å². The summed E-state index contributed by atoms with van der Waals surface area (Å²) in [6, 6.07) is 12.1. The number of benzene rings is 1. The first-order chi connectivity index (χ1) is 6.92. The molecule has 0 N–H and O–H groups in total. The molecule has 1 aromatic heterocycles. The van der Waals surface area contributed by atoms with Crippen molar-refractivity contribution in [3.8, 4) is 11.1 Å². The molecule has 0 aliphatic rings. The molecule has 0 unspecified atom stereocenters. The summed E-state index contributed by atoms with van der Waals surface area (Å²) >= 11 is 0. The van der Waals surface area contributed by atoms with Crippen LogP contribution in [-0.4, -0.2) is 11.3 Å². The number of pyridine rings is 1. The maximum Gasteiger partial charge on any atom is 0.150 e. The van der Waals surface area contributed by atoms with Crippen LogP contribution in [0.2, 0.25) is 0 Å². The summed E-state index contributed by atoms with van der Waals surface area (Å²) in [5.41, 5.74) is 2.48. The van der Waals surface area contributed by atoms with Gasteiger partial charge in [0.1, 0.15) is 0 Å². The second kappa shape index (κ2) is 3.83. The standard InChI is InChI=1S/C12H8NO/c14-9-11-4-1-2-6-12(11)10-5-3-7-13-8-10/h1-2,4-9H. The van der Waals surface area contributed by atoms with Crippen LogP contribution in [0, 0.1) is 6.07 Å². The molecule has 0 bridgehead atoms. The first-order valence-corrected chi connectivity index (χ1v) is 4.27. The topological polar surface area (TPSA) is 30.0 Å². The van der Waals surface area contributed by atoms with Gasteiger partial charge in [0.05, 0.1) is 0 Å². The highest BCUT2D eigenvalue weighted by molar-refractivity contribution is 5.87. The molecular weight excluding hydrogens is 174 g/mol. The smallest absolute Gasteiger partial charge is 0.150 e. The number of nitrogens with zero attached hydrogens (tertiary/aromatic N) is 1. The second-order valence-electron chi connectivity index (χ2n) is 2.88. The highest BCUT2D eigenvalue weighted by atomic mass is 16.1. The maximum atomic E-state index is 10.8. The van der Waals surface area contributed by atoms with Crippen LogP contribution in [0.15, 0.2) is 42.7 Å². The summed E-state index contributed by atoms with van der Waals surface area (Å²) in [6.07, 6.45) is 4.16. The van der Waals surface area contributed by atoms with E-state index in [1.807, 2.05) is 24.3 Å². The van der Waals surface area contributed by atoms with Crippen LogP contribution in [0.4, 0.5) is 0 Å². The molecule has 0 atom stereocenters. The average Bonchev–Trinajstić information content (AvgIpc) is 2.30. The third kappa shape index (κ3) is 1.55. The molecule has 67 valence electrons. The Balaban J connectivity index is 2.57. The number of hydrogen-bond donors (Lipinski definition) is 0. The molecule has 2 rings (SSSR count). The maximum absolute atomic E-state index is 10.8. The minimum atomic E-state index is 0.675. The third-order valence-electron chi connectivity index (χ3n) is 2.00. The largest absolute Gasteiger partial charge is 0.298 e. The van der Waals surface area contributed by atoms with Crippen molar-refractivity contribution in [3.63, 3.8) is 0 Å². The molecule has 14 heavy (non-hydrogen) atoms. The van der Waals surface area contributed by atoms with E-state index in [1.54, 1.807) is 18.5 Å². The van der Waals surface area contributed by atoms with Crippen molar-refractivity contribution in [2.75, 3.05) is 0 Å². The Morgan fingerprint density at radius 2 is 2.14 bits per heavy atom. The number of carbonyl (C=O) groups excluding carboxylic acids is 1. The number of carbonyl (C=O) groups is 1. The second-order valence-corrected chi connectivity index (χ2v) is 2.88. The molecule has 2 heteroatoms. The van der Waals surface area contributed by atoms with E-state index in [0.717, 1.165) is 17.4 Å². The lowest BCUT2D eigenvalue weighted by atomic mass is 10.0. The van der Waals surface area contributed by atoms with Gasteiger partial charge < -0.3 is 0 Å². The van der Waals surface area contributed by atoms with Crippen LogP contribution < -0.4 is 0 Å². The number of aromatic nitrogens is 1. The van der Waals surface area contributed by atoms with E-state index in [0.29, 0.717) is 5.56 Å². The fourth-order valence-corrected chi connectivity index (χ4v) is 1.33. The third-order valence-corrected chi connectivity index (χ3v) is 2.00. The van der Waals surface area contributed by atoms with E-state index in [4.69, 9.17) is 0 Å². The van der Waals surface area contributed by atoms with Crippen molar-refractivity contribution in [1.29, 1.82) is 0 Å². The molecule has 0 saturated heterocycles. The van der Waals surface area contributed by atoms with Crippen LogP contribution >= 0.6 is 0 Å². The Labute approximate surface area is 82.2 Å². The number of hydrogen-bond acceptors (Lipinski definition) is 2. The summed E-state index contributed by atoms with van der Waals surface area (Å²) in [5, 5.41) is 0. The van der Waals surface area contributed by atoms with Crippen molar-refractivity contribution in [1.82, 2.24) is 4.98 Å². The van der Waals surface area contributed by atoms with Crippen LogP contribution in [0.25, 0.3) is 11.1 Å². The van der Waals surface area contributed by atoms with Gasteiger partial charge in [-0.3, -0.25) is 9.78 Å². The minimum absolute atomic E-state index is 0.675. The molecule has 0 saturated carbocycles. The highest BCUT2D eigenvalue weighted by Gasteiger charge is 2.02. The molecule has 0 amide bonds. The molecule has 1 radical (unpaired) electrons. The van der Waals surface area contributed by atoms with Crippen molar-refractivity contribution >= 4 is 6.29 Å². The fraction of sp³-hybridized carbons (Fsp3) is 0. The molecule has 0 spiro atoms. The Hall–Kier alpha value is -1.96. The monoisotopic (exact) mass is 182 g/mol. The molecule has 0 fully saturated rings. The number of rotatable bonds is 2. The molecule has 0 aliphatic carbocycles. The number of aldehydes is 1. The van der Waals surface area contributed by atoms with E-state index in [2.05, 4.69) is 11.1 Å². The van der Waals surface area contributed by atoms with Gasteiger partial charge in [0.15, 0.2) is 6.29 Å². The SMILES string of the molecule is O=Cc1ccccc1-c1c[c]cnc1. The van der Waals surface area contributed by atoms with Gasteiger partial charge in [-0.15, -0.1) is 0 Å². The predicted molar refractivity (Wildman–Crippen MR) is 53.9 cm³/mol. The van der Waals surface area contributed by atoms with Crippen LogP contribution in [-0.2, 0) is 0 Å². The Kier molecular flexibility index (Phi) is 2.36. The quantitative estimate of drug-likeness (QED) is 0.667. The Morgan fingerprint density at radius 1 is 1.29 bits per heavy atom. The summed E-state index contributed by atoms with van der Waals surface area (Å²) in [7, 11) is 0. The van der Waals surface area contributed by atoms with E-state index in [9.17, 15) is 4.79 Å². The van der Waals surface area contributed by atoms with E-state index in [1.165, 1.54) is 0 Å². The van der Waals surface area contributed by atoms with E-state index >= 15 is 0 Å². The average molecular weight is 182 g/mol. The van der Waals surface area contributed by atoms with Gasteiger partial charge in [0, 0.05) is 29.6 Å². The van der Waals surface area contributed by atoms with Crippen molar-refractivity contribution in [2.24, 2.45) is 0 Å². The summed E-state index contributed by atoms with van der Waals surface area (Å²) in [4.78, 5) is 14.7. The molecule has 0 aliphatic heterocycles. The van der Waals surface area contributed by atoms with Gasteiger partial charge in [-0.25, -0.2) is 0 Å². The summed E-state index contributed by atoms with van der Waals surface area (Å²) in [5.74, 6) is 0. The first kappa shape index (κ1) is 8.63. The van der Waals surface area contributed by atoms with Crippen LogP contribution in [0.3, 0.4) is 0 Å². The van der Waals surface area contributed by atoms with Gasteiger partial charge in [-0.1, -0.05) is 24.3 Å². The predicted octanol–water partition coefficient (Wildman–Crippen LogP) is 2.36. The molecular formula is C12H8NO. The summed E-state index contributed by atoms with van der Waals surface area (Å²) in [6.45, 7) is 0. The first-order valence-electron chi connectivity index (χ1n) is 4.27. The Bertz CT molecular complexity index is 437.